The maximum atomic E-state index is 12.7. The van der Waals surface area contributed by atoms with Crippen molar-refractivity contribution in [1.29, 1.82) is 0 Å². The van der Waals surface area contributed by atoms with Crippen LogP contribution in [0.25, 0.3) is 0 Å². The number of halogens is 1. The third-order valence-electron chi connectivity index (χ3n) is 9.27. The summed E-state index contributed by atoms with van der Waals surface area (Å²) in [5.41, 5.74) is 3.85. The number of nitrogens with one attached hydrogen (secondary N) is 2. The van der Waals surface area contributed by atoms with Gasteiger partial charge in [0, 0.05) is 75.2 Å². The van der Waals surface area contributed by atoms with Crippen molar-refractivity contribution >= 4 is 60.5 Å². The Kier molecular flexibility index (Phi) is 8.90. The van der Waals surface area contributed by atoms with Crippen LogP contribution in [0.4, 0.5) is 34.5 Å². The number of piperidine rings is 1. The summed E-state index contributed by atoms with van der Waals surface area (Å²) in [7, 11) is 0.401. The number of ether oxygens (including phenoxy) is 1. The second-order valence-corrected chi connectivity index (χ2v) is 15.7. The largest absolute Gasteiger partial charge is 0.494 e. The number of likely N-dealkylation sites (N-methyl/N-ethyl adjacent to an activating group) is 1. The summed E-state index contributed by atoms with van der Waals surface area (Å²) in [4.78, 5) is 16.7. The summed E-state index contributed by atoms with van der Waals surface area (Å²) in [6.07, 6.45) is 5.24. The van der Waals surface area contributed by atoms with Gasteiger partial charge in [0.1, 0.15) is 11.6 Å². The third-order valence-corrected chi connectivity index (χ3v) is 11.0. The normalized spacial score (nSPS) is 19.4. The SMILES string of the molecule is COc1cc(N2CCC(N3CCN(C)CC3)CC2)ccc1Nc1ncc(Br)c(Nc2cccc3c2N(S(C)(=O)=O)CC3(C)C)n1. The summed E-state index contributed by atoms with van der Waals surface area (Å²) in [5.74, 6) is 1.60. The molecule has 0 saturated carbocycles. The summed E-state index contributed by atoms with van der Waals surface area (Å²) in [6.45, 7) is 11.2. The van der Waals surface area contributed by atoms with E-state index in [-0.39, 0.29) is 5.41 Å². The Morgan fingerprint density at radius 2 is 1.73 bits per heavy atom. The highest BCUT2D eigenvalue weighted by molar-refractivity contribution is 9.10. The lowest BCUT2D eigenvalue weighted by Crippen LogP contribution is -2.52. The Balaban J connectivity index is 1.17. The molecule has 0 amide bonds. The van der Waals surface area contributed by atoms with Crippen LogP contribution in [-0.4, -0.2) is 100 Å². The van der Waals surface area contributed by atoms with Gasteiger partial charge in [0.05, 0.1) is 34.9 Å². The van der Waals surface area contributed by atoms with E-state index in [1.54, 1.807) is 13.3 Å². The Morgan fingerprint density at radius 1 is 1.00 bits per heavy atom. The molecule has 0 bridgehead atoms. The van der Waals surface area contributed by atoms with E-state index in [9.17, 15) is 8.42 Å². The van der Waals surface area contributed by atoms with Crippen LogP contribution in [-0.2, 0) is 15.4 Å². The molecule has 2 fully saturated rings. The molecule has 3 aliphatic rings. The molecule has 0 radical (unpaired) electrons. The van der Waals surface area contributed by atoms with Gasteiger partial charge in [-0.15, -0.1) is 0 Å². The molecule has 0 spiro atoms. The molecule has 1 aromatic heterocycles. The standard InChI is InChI=1S/C32H43BrN8O3S/c1-32(2)21-41(45(5,42)43)29-24(32)7-6-8-27(29)35-30-25(33)20-34-31(37-30)36-26-10-9-23(19-28(26)44-4)39-13-11-22(12-14-39)40-17-15-38(3)16-18-40/h6-10,19-20,22H,11-18,21H2,1-5H3,(H2,34,35,36,37). The van der Waals surface area contributed by atoms with Gasteiger partial charge < -0.3 is 25.2 Å². The van der Waals surface area contributed by atoms with Crippen LogP contribution < -0.4 is 24.6 Å². The van der Waals surface area contributed by atoms with Crippen molar-refractivity contribution in [2.75, 3.05) is 86.1 Å². The van der Waals surface area contributed by atoms with Crippen molar-refractivity contribution in [1.82, 2.24) is 19.8 Å². The molecule has 11 nitrogen and oxygen atoms in total. The Morgan fingerprint density at radius 3 is 2.42 bits per heavy atom. The van der Waals surface area contributed by atoms with Crippen molar-refractivity contribution in [2.45, 2.75) is 38.1 Å². The fourth-order valence-corrected chi connectivity index (χ4v) is 8.06. The van der Waals surface area contributed by atoms with Crippen LogP contribution in [0, 0.1) is 0 Å². The monoisotopic (exact) mass is 698 g/mol. The fraction of sp³-hybridized carbons (Fsp3) is 0.500. The van der Waals surface area contributed by atoms with E-state index in [0.29, 0.717) is 45.9 Å². The molecule has 0 atom stereocenters. The number of nitrogens with zero attached hydrogens (tertiary/aromatic N) is 6. The molecule has 4 heterocycles. The molecule has 45 heavy (non-hydrogen) atoms. The van der Waals surface area contributed by atoms with Crippen LogP contribution in [0.2, 0.25) is 0 Å². The molecule has 2 N–H and O–H groups in total. The number of piperazine rings is 1. The first-order valence-corrected chi connectivity index (χ1v) is 18.1. The minimum atomic E-state index is -3.47. The first kappa shape index (κ1) is 31.8. The van der Waals surface area contributed by atoms with Crippen LogP contribution in [0.1, 0.15) is 32.3 Å². The lowest BCUT2D eigenvalue weighted by Gasteiger charge is -2.42. The lowest BCUT2D eigenvalue weighted by molar-refractivity contribution is 0.0982. The Labute approximate surface area is 275 Å². The molecule has 3 aromatic rings. The second kappa shape index (κ2) is 12.6. The van der Waals surface area contributed by atoms with E-state index >= 15 is 0 Å². The van der Waals surface area contributed by atoms with Gasteiger partial charge in [0.2, 0.25) is 16.0 Å². The first-order chi connectivity index (χ1) is 21.4. The topological polar surface area (TPSA) is 106 Å². The van der Waals surface area contributed by atoms with E-state index in [2.05, 4.69) is 79.3 Å². The van der Waals surface area contributed by atoms with E-state index in [4.69, 9.17) is 9.72 Å². The molecule has 0 aliphatic carbocycles. The number of aromatic nitrogens is 2. The molecule has 0 unspecified atom stereocenters. The lowest BCUT2D eigenvalue weighted by atomic mass is 9.87. The first-order valence-electron chi connectivity index (χ1n) is 15.5. The zero-order chi connectivity index (χ0) is 31.9. The minimum absolute atomic E-state index is 0.324. The third kappa shape index (κ3) is 6.72. The summed E-state index contributed by atoms with van der Waals surface area (Å²) < 4.78 is 33.4. The van der Waals surface area contributed by atoms with Crippen LogP contribution in [0.3, 0.4) is 0 Å². The van der Waals surface area contributed by atoms with E-state index < -0.39 is 10.0 Å². The number of anilines is 6. The van der Waals surface area contributed by atoms with Crippen molar-refractivity contribution in [3.05, 3.63) is 52.6 Å². The fourth-order valence-electron chi connectivity index (χ4n) is 6.68. The highest BCUT2D eigenvalue weighted by Crippen LogP contribution is 2.47. The quantitative estimate of drug-likeness (QED) is 0.334. The number of methoxy groups -OCH3 is 1. The van der Waals surface area contributed by atoms with E-state index in [0.717, 1.165) is 56.2 Å². The van der Waals surface area contributed by atoms with Crippen molar-refractivity contribution in [2.24, 2.45) is 0 Å². The van der Waals surface area contributed by atoms with Crippen molar-refractivity contribution in [3.63, 3.8) is 0 Å². The number of rotatable bonds is 8. The Bertz CT molecular complexity index is 1650. The smallest absolute Gasteiger partial charge is 0.232 e. The summed E-state index contributed by atoms with van der Waals surface area (Å²) in [6, 6.07) is 12.7. The molecule has 2 aromatic carbocycles. The number of sulfonamides is 1. The molecule has 6 rings (SSSR count). The Hall–Kier alpha value is -3.13. The number of hydrogen-bond donors (Lipinski definition) is 2. The molecular weight excluding hydrogens is 656 g/mol. The van der Waals surface area contributed by atoms with Crippen LogP contribution in [0.5, 0.6) is 5.75 Å². The number of hydrogen-bond acceptors (Lipinski definition) is 10. The van der Waals surface area contributed by atoms with E-state index in [1.807, 2.05) is 24.3 Å². The predicted molar refractivity (Wildman–Crippen MR) is 185 cm³/mol. The summed E-state index contributed by atoms with van der Waals surface area (Å²) in [5, 5.41) is 6.68. The molecule has 13 heteroatoms. The van der Waals surface area contributed by atoms with Gasteiger partial charge in [-0.1, -0.05) is 26.0 Å². The molecule has 242 valence electrons. The second-order valence-electron chi connectivity index (χ2n) is 12.9. The average Bonchev–Trinajstić information content (AvgIpc) is 3.31. The highest BCUT2D eigenvalue weighted by atomic mass is 79.9. The van der Waals surface area contributed by atoms with Crippen molar-refractivity contribution in [3.8, 4) is 5.75 Å². The van der Waals surface area contributed by atoms with Gasteiger partial charge in [-0.3, -0.25) is 9.21 Å². The van der Waals surface area contributed by atoms with Crippen LogP contribution in [0.15, 0.2) is 47.1 Å². The van der Waals surface area contributed by atoms with Gasteiger partial charge in [-0.25, -0.2) is 13.4 Å². The van der Waals surface area contributed by atoms with Gasteiger partial charge >= 0.3 is 0 Å². The van der Waals surface area contributed by atoms with E-state index in [1.165, 1.54) is 23.4 Å². The van der Waals surface area contributed by atoms with Gasteiger partial charge in [0.15, 0.2) is 0 Å². The zero-order valence-electron chi connectivity index (χ0n) is 26.7. The van der Waals surface area contributed by atoms with Gasteiger partial charge in [0.25, 0.3) is 0 Å². The number of fused-ring (bicyclic) bond motifs is 1. The number of para-hydroxylation sites is 1. The molecule has 2 saturated heterocycles. The minimum Gasteiger partial charge on any atom is -0.494 e. The number of benzene rings is 2. The molecular formula is C32H43BrN8O3S. The summed E-state index contributed by atoms with van der Waals surface area (Å²) >= 11 is 3.56. The zero-order valence-corrected chi connectivity index (χ0v) is 29.1. The highest BCUT2D eigenvalue weighted by Gasteiger charge is 2.40. The maximum absolute atomic E-state index is 12.7. The average molecular weight is 700 g/mol. The van der Waals surface area contributed by atoms with Crippen molar-refractivity contribution < 1.29 is 13.2 Å². The maximum Gasteiger partial charge on any atom is 0.232 e. The van der Waals surface area contributed by atoms with Gasteiger partial charge in [-0.05, 0) is 59.6 Å². The predicted octanol–water partition coefficient (Wildman–Crippen LogP) is 5.01. The molecule has 3 aliphatic heterocycles. The van der Waals surface area contributed by atoms with Crippen LogP contribution >= 0.6 is 15.9 Å². The van der Waals surface area contributed by atoms with Gasteiger partial charge in [-0.2, -0.15) is 4.98 Å².